The van der Waals surface area contributed by atoms with E-state index < -0.39 is 35.2 Å². The molecule has 0 radical (unpaired) electrons. The second-order valence-electron chi connectivity index (χ2n) is 7.18. The third-order valence-corrected chi connectivity index (χ3v) is 5.11. The van der Waals surface area contributed by atoms with Gasteiger partial charge in [-0.25, -0.2) is 9.59 Å². The Morgan fingerprint density at radius 2 is 1.82 bits per heavy atom. The predicted molar refractivity (Wildman–Crippen MR) is 118 cm³/mol. The van der Waals surface area contributed by atoms with E-state index in [2.05, 4.69) is 10.2 Å². The molecule has 3 heterocycles. The fourth-order valence-corrected chi connectivity index (χ4v) is 3.41. The van der Waals surface area contributed by atoms with Crippen LogP contribution in [-0.2, 0) is 17.8 Å². The minimum absolute atomic E-state index is 0.0474. The van der Waals surface area contributed by atoms with Crippen LogP contribution in [0.1, 0.15) is 33.2 Å². The van der Waals surface area contributed by atoms with Crippen LogP contribution in [-0.4, -0.2) is 42.1 Å². The van der Waals surface area contributed by atoms with Crippen molar-refractivity contribution in [1.29, 1.82) is 0 Å². The number of ether oxygens (including phenoxy) is 1. The maximum absolute atomic E-state index is 12.9. The fourth-order valence-electron chi connectivity index (χ4n) is 3.41. The van der Waals surface area contributed by atoms with Crippen molar-refractivity contribution in [3.8, 4) is 0 Å². The first-order valence-corrected chi connectivity index (χ1v) is 10.1. The number of nitrogen functional groups attached to an aromatic ring is 1. The minimum Gasteiger partial charge on any atom is -0.454 e. The lowest BCUT2D eigenvalue weighted by Gasteiger charge is -2.16. The number of rotatable bonds is 7. The molecule has 1 aromatic carbocycles. The zero-order valence-corrected chi connectivity index (χ0v) is 17.7. The summed E-state index contributed by atoms with van der Waals surface area (Å²) in [7, 11) is 0. The number of ketones is 1. The standard InChI is InChI=1S/C22H20N6O5/c1-2-27-20(30)18(19(23)28(22(27)32)10-14-6-4-3-5-7-14)16(29)12-33-21(31)15-8-9-17-25-24-13-26(17)11-15/h3-9,11,13H,2,10,12,23H2,1H3. The summed E-state index contributed by atoms with van der Waals surface area (Å²) >= 11 is 0. The summed E-state index contributed by atoms with van der Waals surface area (Å²) in [6, 6.07) is 12.1. The summed E-state index contributed by atoms with van der Waals surface area (Å²) in [6.07, 6.45) is 2.88. The second-order valence-corrected chi connectivity index (χ2v) is 7.18. The highest BCUT2D eigenvalue weighted by atomic mass is 16.5. The second kappa shape index (κ2) is 8.91. The van der Waals surface area contributed by atoms with Crippen LogP contribution in [0.2, 0.25) is 0 Å². The molecule has 4 aromatic rings. The van der Waals surface area contributed by atoms with Crippen LogP contribution in [0.4, 0.5) is 5.82 Å². The number of Topliss-reactive ketones (excluding diaryl/α,β-unsaturated/α-hetero) is 1. The maximum Gasteiger partial charge on any atom is 0.340 e. The van der Waals surface area contributed by atoms with Crippen LogP contribution >= 0.6 is 0 Å². The Labute approximate surface area is 186 Å². The number of carbonyl (C=O) groups is 2. The van der Waals surface area contributed by atoms with Gasteiger partial charge in [-0.2, -0.15) is 0 Å². The highest BCUT2D eigenvalue weighted by molar-refractivity contribution is 6.02. The molecule has 168 valence electrons. The van der Waals surface area contributed by atoms with Gasteiger partial charge in [0, 0.05) is 12.7 Å². The molecule has 0 spiro atoms. The molecule has 0 atom stereocenters. The van der Waals surface area contributed by atoms with Gasteiger partial charge < -0.3 is 10.5 Å². The summed E-state index contributed by atoms with van der Waals surface area (Å²) < 4.78 is 8.72. The molecule has 11 nitrogen and oxygen atoms in total. The Balaban J connectivity index is 1.62. The van der Waals surface area contributed by atoms with Crippen LogP contribution in [0.15, 0.2) is 64.6 Å². The first-order valence-electron chi connectivity index (χ1n) is 10.1. The summed E-state index contributed by atoms with van der Waals surface area (Å²) in [5.41, 5.74) is 5.73. The maximum atomic E-state index is 12.9. The highest BCUT2D eigenvalue weighted by Crippen LogP contribution is 2.11. The Hall–Kier alpha value is -4.54. The molecule has 0 unspecified atom stereocenters. The number of benzene rings is 1. The molecule has 0 saturated carbocycles. The number of nitrogens with zero attached hydrogens (tertiary/aromatic N) is 5. The lowest BCUT2D eigenvalue weighted by Crippen LogP contribution is -2.44. The summed E-state index contributed by atoms with van der Waals surface area (Å²) in [5.74, 6) is -1.85. The van der Waals surface area contributed by atoms with Crippen molar-refractivity contribution in [2.75, 3.05) is 12.3 Å². The van der Waals surface area contributed by atoms with Crippen molar-refractivity contribution in [3.05, 3.63) is 92.5 Å². The monoisotopic (exact) mass is 448 g/mol. The first kappa shape index (κ1) is 21.7. The quantitative estimate of drug-likeness (QED) is 0.322. The summed E-state index contributed by atoms with van der Waals surface area (Å²) in [6.45, 7) is 1.02. The average Bonchev–Trinajstić information content (AvgIpc) is 3.29. The fraction of sp³-hybridized carbons (Fsp3) is 0.182. The molecule has 0 fully saturated rings. The number of anilines is 1. The Morgan fingerprint density at radius 1 is 1.06 bits per heavy atom. The van der Waals surface area contributed by atoms with Gasteiger partial charge in [-0.05, 0) is 24.6 Å². The van der Waals surface area contributed by atoms with Crippen molar-refractivity contribution in [2.24, 2.45) is 0 Å². The normalized spacial score (nSPS) is 10.9. The number of carbonyl (C=O) groups excluding carboxylic acids is 2. The third kappa shape index (κ3) is 4.15. The van der Waals surface area contributed by atoms with Gasteiger partial charge in [0.05, 0.1) is 12.1 Å². The largest absolute Gasteiger partial charge is 0.454 e. The molecule has 2 N–H and O–H groups in total. The van der Waals surface area contributed by atoms with Crippen LogP contribution in [0.25, 0.3) is 5.65 Å². The van der Waals surface area contributed by atoms with Crippen molar-refractivity contribution < 1.29 is 14.3 Å². The molecule has 33 heavy (non-hydrogen) atoms. The van der Waals surface area contributed by atoms with Gasteiger partial charge in [-0.3, -0.25) is 23.1 Å². The molecule has 0 saturated heterocycles. The molecule has 0 bridgehead atoms. The number of nitrogens with two attached hydrogens (primary N) is 1. The van der Waals surface area contributed by atoms with E-state index in [1.54, 1.807) is 37.3 Å². The Bertz CT molecular complexity index is 1470. The number of pyridine rings is 1. The number of aromatic nitrogens is 5. The van der Waals surface area contributed by atoms with E-state index >= 15 is 0 Å². The van der Waals surface area contributed by atoms with Crippen molar-refractivity contribution in [2.45, 2.75) is 20.0 Å². The lowest BCUT2D eigenvalue weighted by atomic mass is 10.1. The van der Waals surface area contributed by atoms with E-state index in [0.29, 0.717) is 5.65 Å². The van der Waals surface area contributed by atoms with Gasteiger partial charge in [-0.1, -0.05) is 30.3 Å². The molecule has 0 amide bonds. The zero-order valence-electron chi connectivity index (χ0n) is 17.7. The van der Waals surface area contributed by atoms with Gasteiger partial charge in [0.2, 0.25) is 5.78 Å². The number of hydrogen-bond donors (Lipinski definition) is 1. The van der Waals surface area contributed by atoms with E-state index in [4.69, 9.17) is 10.5 Å². The van der Waals surface area contributed by atoms with Crippen molar-refractivity contribution in [1.82, 2.24) is 23.7 Å². The molecule has 0 aliphatic heterocycles. The molecular formula is C22H20N6O5. The van der Waals surface area contributed by atoms with E-state index in [-0.39, 0.29) is 24.5 Å². The Kier molecular flexibility index (Phi) is 5.85. The van der Waals surface area contributed by atoms with Gasteiger partial charge in [0.1, 0.15) is 17.7 Å². The predicted octanol–water partition coefficient (Wildman–Crippen LogP) is 0.743. The van der Waals surface area contributed by atoms with Gasteiger partial charge >= 0.3 is 11.7 Å². The lowest BCUT2D eigenvalue weighted by molar-refractivity contribution is 0.0473. The van der Waals surface area contributed by atoms with Crippen molar-refractivity contribution >= 4 is 23.2 Å². The molecular weight excluding hydrogens is 428 g/mol. The first-order chi connectivity index (χ1) is 15.9. The molecule has 11 heteroatoms. The van der Waals surface area contributed by atoms with E-state index in [1.807, 2.05) is 6.07 Å². The molecule has 4 rings (SSSR count). The number of hydrogen-bond acceptors (Lipinski definition) is 8. The molecule has 0 aliphatic rings. The van der Waals surface area contributed by atoms with Crippen molar-refractivity contribution in [3.63, 3.8) is 0 Å². The van der Waals surface area contributed by atoms with E-state index in [0.717, 1.165) is 14.7 Å². The van der Waals surface area contributed by atoms with Crippen LogP contribution in [0.3, 0.4) is 0 Å². The number of fused-ring (bicyclic) bond motifs is 1. The van der Waals surface area contributed by atoms with E-state index in [1.165, 1.54) is 23.0 Å². The topological polar surface area (TPSA) is 144 Å². The highest BCUT2D eigenvalue weighted by Gasteiger charge is 2.23. The summed E-state index contributed by atoms with van der Waals surface area (Å²) in [5, 5.41) is 7.57. The van der Waals surface area contributed by atoms with Gasteiger partial charge in [-0.15, -0.1) is 10.2 Å². The van der Waals surface area contributed by atoms with Gasteiger partial charge in [0.25, 0.3) is 5.56 Å². The number of esters is 1. The average molecular weight is 448 g/mol. The summed E-state index contributed by atoms with van der Waals surface area (Å²) in [4.78, 5) is 50.9. The van der Waals surface area contributed by atoms with E-state index in [9.17, 15) is 19.2 Å². The Morgan fingerprint density at radius 3 is 2.55 bits per heavy atom. The van der Waals surface area contributed by atoms with Crippen LogP contribution in [0, 0.1) is 0 Å². The molecule has 3 aromatic heterocycles. The van der Waals surface area contributed by atoms with Gasteiger partial charge in [0.15, 0.2) is 12.3 Å². The van der Waals surface area contributed by atoms with Crippen LogP contribution < -0.4 is 17.0 Å². The minimum atomic E-state index is -0.823. The smallest absolute Gasteiger partial charge is 0.340 e. The molecule has 0 aliphatic carbocycles. The van der Waals surface area contributed by atoms with Crippen LogP contribution in [0.5, 0.6) is 0 Å². The third-order valence-electron chi connectivity index (χ3n) is 5.11. The SMILES string of the molecule is CCn1c(=O)c(C(=O)COC(=O)c2ccc3nncn3c2)c(N)n(Cc2ccccc2)c1=O. The zero-order chi connectivity index (χ0) is 23.5.